The van der Waals surface area contributed by atoms with E-state index in [1.54, 1.807) is 6.26 Å². The standard InChI is InChI=1S/C31H35N5O3/c1-2-3-5-11-23-17-24(33-20-25-12-8-15-39-25)18-28-29(23)30(37)26-16-21(19-34-35-32)13-14-27(26)36(28)31(38)22-9-6-4-7-10-22/h4,6-10,12-16,23-24,28-29,33H,2-3,5,11,17-20H2,1H3/t23-,24-,28+,29-/m0/s1. The molecule has 1 aliphatic carbocycles. The monoisotopic (exact) mass is 525 g/mol. The second-order valence-corrected chi connectivity index (χ2v) is 10.6. The number of azide groups is 1. The van der Waals surface area contributed by atoms with Gasteiger partial charge in [-0.2, -0.15) is 0 Å². The molecule has 1 N–H and O–H groups in total. The number of nitrogens with zero attached hydrogens (tertiary/aromatic N) is 4. The highest BCUT2D eigenvalue weighted by molar-refractivity contribution is 6.15. The molecule has 2 aliphatic rings. The van der Waals surface area contributed by atoms with Gasteiger partial charge in [-0.3, -0.25) is 9.59 Å². The molecular weight excluding hydrogens is 490 g/mol. The Morgan fingerprint density at radius 1 is 1.13 bits per heavy atom. The molecule has 1 aliphatic heterocycles. The van der Waals surface area contributed by atoms with Crippen LogP contribution < -0.4 is 10.2 Å². The largest absolute Gasteiger partial charge is 0.468 e. The molecule has 0 spiro atoms. The minimum atomic E-state index is -0.279. The maximum absolute atomic E-state index is 14.2. The van der Waals surface area contributed by atoms with E-state index in [1.165, 1.54) is 0 Å². The smallest absolute Gasteiger partial charge is 0.258 e. The fourth-order valence-electron chi connectivity index (χ4n) is 6.33. The van der Waals surface area contributed by atoms with E-state index in [0.717, 1.165) is 43.4 Å². The summed E-state index contributed by atoms with van der Waals surface area (Å²) in [6.07, 6.45) is 7.46. The third kappa shape index (κ3) is 5.77. The Morgan fingerprint density at radius 3 is 2.72 bits per heavy atom. The Hall–Kier alpha value is -3.87. The number of anilines is 1. The number of unbranched alkanes of at least 4 members (excludes halogenated alkanes) is 2. The summed E-state index contributed by atoms with van der Waals surface area (Å²) >= 11 is 0. The van der Waals surface area contributed by atoms with Gasteiger partial charge in [0.05, 0.1) is 25.0 Å². The van der Waals surface area contributed by atoms with Gasteiger partial charge in [0, 0.05) is 34.0 Å². The zero-order chi connectivity index (χ0) is 27.2. The molecule has 1 amide bonds. The van der Waals surface area contributed by atoms with Crippen LogP contribution in [0, 0.1) is 11.8 Å². The van der Waals surface area contributed by atoms with Crippen molar-refractivity contribution in [3.8, 4) is 0 Å². The first-order chi connectivity index (χ1) is 19.1. The zero-order valence-electron chi connectivity index (χ0n) is 22.3. The maximum atomic E-state index is 14.2. The number of nitrogens with one attached hydrogen (secondary N) is 1. The van der Waals surface area contributed by atoms with Crippen LogP contribution >= 0.6 is 0 Å². The Labute approximate surface area is 229 Å². The molecule has 0 saturated heterocycles. The van der Waals surface area contributed by atoms with Crippen LogP contribution in [-0.4, -0.2) is 23.8 Å². The predicted octanol–water partition coefficient (Wildman–Crippen LogP) is 7.07. The Kier molecular flexibility index (Phi) is 8.45. The van der Waals surface area contributed by atoms with Crippen molar-refractivity contribution < 1.29 is 14.0 Å². The highest BCUT2D eigenvalue weighted by atomic mass is 16.3. The van der Waals surface area contributed by atoms with Crippen LogP contribution in [0.15, 0.2) is 76.5 Å². The number of carbonyl (C=O) groups is 2. The third-order valence-corrected chi connectivity index (χ3v) is 8.14. The van der Waals surface area contributed by atoms with Crippen LogP contribution in [0.2, 0.25) is 0 Å². The van der Waals surface area contributed by atoms with E-state index in [-0.39, 0.29) is 42.2 Å². The predicted molar refractivity (Wildman–Crippen MR) is 150 cm³/mol. The summed E-state index contributed by atoms with van der Waals surface area (Å²) in [5.74, 6) is 0.742. The molecule has 8 nitrogen and oxygen atoms in total. The second kappa shape index (κ2) is 12.3. The number of amides is 1. The summed E-state index contributed by atoms with van der Waals surface area (Å²) in [7, 11) is 0. The molecule has 0 radical (unpaired) electrons. The van der Waals surface area contributed by atoms with Gasteiger partial charge in [-0.1, -0.05) is 55.6 Å². The summed E-state index contributed by atoms with van der Waals surface area (Å²) in [5, 5.41) is 7.35. The van der Waals surface area contributed by atoms with E-state index < -0.39 is 0 Å². The van der Waals surface area contributed by atoms with E-state index in [0.29, 0.717) is 29.8 Å². The van der Waals surface area contributed by atoms with E-state index >= 15 is 0 Å². The lowest BCUT2D eigenvalue weighted by Crippen LogP contribution is -2.59. The van der Waals surface area contributed by atoms with E-state index in [4.69, 9.17) is 9.95 Å². The molecule has 2 heterocycles. The second-order valence-electron chi connectivity index (χ2n) is 10.6. The minimum Gasteiger partial charge on any atom is -0.468 e. The average molecular weight is 526 g/mol. The number of benzene rings is 2. The summed E-state index contributed by atoms with van der Waals surface area (Å²) < 4.78 is 5.55. The lowest BCUT2D eigenvalue weighted by Gasteiger charge is -2.49. The van der Waals surface area contributed by atoms with E-state index in [2.05, 4.69) is 22.3 Å². The quantitative estimate of drug-likeness (QED) is 0.132. The van der Waals surface area contributed by atoms with Gasteiger partial charge in [-0.15, -0.1) is 0 Å². The van der Waals surface area contributed by atoms with Crippen molar-refractivity contribution >= 4 is 17.4 Å². The SMILES string of the molecule is CCCCC[C@H]1C[C@H](NCc2ccco2)C[C@@H]2[C@H]1C(=O)c1cc(CN=[N+]=[N-])ccc1N2C(=O)c1ccccc1. The van der Waals surface area contributed by atoms with E-state index in [9.17, 15) is 9.59 Å². The highest BCUT2D eigenvalue weighted by Gasteiger charge is 2.50. The Morgan fingerprint density at radius 2 is 1.97 bits per heavy atom. The van der Waals surface area contributed by atoms with E-state index in [1.807, 2.05) is 65.6 Å². The van der Waals surface area contributed by atoms with Crippen molar-refractivity contribution in [2.75, 3.05) is 4.90 Å². The van der Waals surface area contributed by atoms with Gasteiger partial charge >= 0.3 is 0 Å². The summed E-state index contributed by atoms with van der Waals surface area (Å²) in [6.45, 7) is 2.96. The first-order valence-electron chi connectivity index (χ1n) is 13.9. The Bertz CT molecular complexity index is 1330. The number of rotatable bonds is 10. The van der Waals surface area contributed by atoms with Crippen molar-refractivity contribution in [1.82, 2.24) is 5.32 Å². The van der Waals surface area contributed by atoms with Gasteiger partial charge in [0.25, 0.3) is 5.91 Å². The minimum absolute atomic E-state index is 0.0962. The fourth-order valence-corrected chi connectivity index (χ4v) is 6.33. The maximum Gasteiger partial charge on any atom is 0.258 e. The van der Waals surface area contributed by atoms with Gasteiger partial charge in [0.15, 0.2) is 5.78 Å². The number of carbonyl (C=O) groups excluding carboxylic acids is 2. The van der Waals surface area contributed by atoms with Gasteiger partial charge < -0.3 is 14.6 Å². The van der Waals surface area contributed by atoms with Crippen molar-refractivity contribution in [2.45, 2.75) is 70.6 Å². The molecule has 1 aromatic heterocycles. The molecule has 0 bridgehead atoms. The summed E-state index contributed by atoms with van der Waals surface area (Å²) in [5.41, 5.74) is 11.4. The molecule has 2 aromatic carbocycles. The van der Waals surface area contributed by atoms with Crippen LogP contribution in [-0.2, 0) is 13.1 Å². The van der Waals surface area contributed by atoms with Gasteiger partial charge in [0.2, 0.25) is 0 Å². The Balaban J connectivity index is 1.55. The summed E-state index contributed by atoms with van der Waals surface area (Å²) in [4.78, 5) is 33.1. The van der Waals surface area contributed by atoms with Crippen molar-refractivity contribution in [3.63, 3.8) is 0 Å². The normalized spacial score (nSPS) is 22.1. The molecule has 202 valence electrons. The van der Waals surface area contributed by atoms with Crippen molar-refractivity contribution in [1.29, 1.82) is 0 Å². The van der Waals surface area contributed by atoms with Gasteiger partial charge in [-0.05, 0) is 72.7 Å². The average Bonchev–Trinajstić information content (AvgIpc) is 3.49. The van der Waals surface area contributed by atoms with Crippen LogP contribution in [0.25, 0.3) is 10.4 Å². The number of hydrogen-bond donors (Lipinski definition) is 1. The van der Waals surface area contributed by atoms with Crippen LogP contribution in [0.3, 0.4) is 0 Å². The van der Waals surface area contributed by atoms with Crippen LogP contribution in [0.4, 0.5) is 5.69 Å². The number of hydrogen-bond acceptors (Lipinski definition) is 5. The molecule has 39 heavy (non-hydrogen) atoms. The topological polar surface area (TPSA) is 111 Å². The van der Waals surface area contributed by atoms with Crippen molar-refractivity contribution in [2.24, 2.45) is 17.0 Å². The van der Waals surface area contributed by atoms with Gasteiger partial charge in [-0.25, -0.2) is 0 Å². The van der Waals surface area contributed by atoms with Crippen molar-refractivity contribution in [3.05, 3.63) is 99.8 Å². The third-order valence-electron chi connectivity index (χ3n) is 8.14. The number of furan rings is 1. The van der Waals surface area contributed by atoms with Crippen LogP contribution in [0.1, 0.15) is 77.5 Å². The molecule has 0 unspecified atom stereocenters. The first-order valence-corrected chi connectivity index (χ1v) is 13.9. The molecule has 8 heteroatoms. The van der Waals surface area contributed by atoms with Gasteiger partial charge in [0.1, 0.15) is 5.76 Å². The number of ketones is 1. The molecule has 3 aromatic rings. The number of Topliss-reactive ketones (excluding diaryl/α,β-unsaturated/α-hetero) is 1. The zero-order valence-corrected chi connectivity index (χ0v) is 22.3. The fraction of sp³-hybridized carbons (Fsp3) is 0.419. The molecular formula is C31H35N5O3. The number of fused-ring (bicyclic) bond motifs is 2. The lowest BCUT2D eigenvalue weighted by atomic mass is 9.66. The molecule has 1 saturated carbocycles. The lowest BCUT2D eigenvalue weighted by molar-refractivity contribution is 0.0692. The molecule has 1 fully saturated rings. The first kappa shape index (κ1) is 26.7. The highest BCUT2D eigenvalue weighted by Crippen LogP contribution is 2.46. The summed E-state index contributed by atoms with van der Waals surface area (Å²) in [6, 6.07) is 18.5. The molecule has 4 atom stereocenters. The van der Waals surface area contributed by atoms with Crippen LogP contribution in [0.5, 0.6) is 0 Å². The molecule has 5 rings (SSSR count).